The van der Waals surface area contributed by atoms with E-state index in [4.69, 9.17) is 23.2 Å². The highest BCUT2D eigenvalue weighted by Crippen LogP contribution is 2.31. The number of halogens is 3. The standard InChI is InChI=1S/C11H15Cl2FN2/c1-16(2)5-3-4-15-11-9(12)6-8(14)7-10(11)13/h6-7,15H,3-5H2,1-2H3. The van der Waals surface area contributed by atoms with Gasteiger partial charge in [0.05, 0.1) is 15.7 Å². The lowest BCUT2D eigenvalue weighted by Gasteiger charge is -2.12. The molecule has 0 aliphatic heterocycles. The fourth-order valence-electron chi connectivity index (χ4n) is 1.32. The topological polar surface area (TPSA) is 15.3 Å². The Morgan fingerprint density at radius 1 is 1.25 bits per heavy atom. The maximum Gasteiger partial charge on any atom is 0.126 e. The van der Waals surface area contributed by atoms with Crippen molar-refractivity contribution in [1.82, 2.24) is 4.90 Å². The predicted octanol–water partition coefficient (Wildman–Crippen LogP) is 3.50. The van der Waals surface area contributed by atoms with E-state index in [1.165, 1.54) is 12.1 Å². The maximum atomic E-state index is 12.9. The molecule has 0 aromatic heterocycles. The summed E-state index contributed by atoms with van der Waals surface area (Å²) in [7, 11) is 4.02. The van der Waals surface area contributed by atoms with Gasteiger partial charge in [-0.15, -0.1) is 0 Å². The van der Waals surface area contributed by atoms with E-state index in [0.29, 0.717) is 15.7 Å². The molecule has 0 amide bonds. The van der Waals surface area contributed by atoms with Crippen molar-refractivity contribution in [2.75, 3.05) is 32.5 Å². The summed E-state index contributed by atoms with van der Waals surface area (Å²) in [6.07, 6.45) is 0.969. The van der Waals surface area contributed by atoms with Gasteiger partial charge in [0, 0.05) is 6.54 Å². The highest BCUT2D eigenvalue weighted by atomic mass is 35.5. The molecular formula is C11H15Cl2FN2. The van der Waals surface area contributed by atoms with Gasteiger partial charge in [0.2, 0.25) is 0 Å². The molecule has 1 aromatic rings. The number of benzene rings is 1. The van der Waals surface area contributed by atoms with Crippen LogP contribution in [-0.4, -0.2) is 32.1 Å². The third kappa shape index (κ3) is 4.16. The van der Waals surface area contributed by atoms with E-state index in [2.05, 4.69) is 10.2 Å². The molecule has 0 aliphatic carbocycles. The van der Waals surface area contributed by atoms with E-state index in [-0.39, 0.29) is 0 Å². The Morgan fingerprint density at radius 3 is 2.31 bits per heavy atom. The molecule has 1 rings (SSSR count). The third-order valence-corrected chi connectivity index (χ3v) is 2.69. The number of nitrogens with zero attached hydrogens (tertiary/aromatic N) is 1. The van der Waals surface area contributed by atoms with Crippen LogP contribution < -0.4 is 5.32 Å². The van der Waals surface area contributed by atoms with Crippen molar-refractivity contribution in [2.24, 2.45) is 0 Å². The molecule has 5 heteroatoms. The van der Waals surface area contributed by atoms with E-state index in [0.717, 1.165) is 19.5 Å². The normalized spacial score (nSPS) is 10.9. The Hall–Kier alpha value is -0.510. The monoisotopic (exact) mass is 264 g/mol. The van der Waals surface area contributed by atoms with E-state index in [1.807, 2.05) is 14.1 Å². The average Bonchev–Trinajstić information content (AvgIpc) is 2.14. The van der Waals surface area contributed by atoms with E-state index < -0.39 is 5.82 Å². The van der Waals surface area contributed by atoms with Crippen molar-refractivity contribution in [1.29, 1.82) is 0 Å². The fourth-order valence-corrected chi connectivity index (χ4v) is 1.91. The van der Waals surface area contributed by atoms with Crippen LogP contribution >= 0.6 is 23.2 Å². The smallest absolute Gasteiger partial charge is 0.126 e. The minimum atomic E-state index is -0.422. The summed E-state index contributed by atoms with van der Waals surface area (Å²) in [5, 5.41) is 3.74. The molecule has 0 bridgehead atoms. The van der Waals surface area contributed by atoms with Gasteiger partial charge < -0.3 is 10.2 Å². The number of anilines is 1. The van der Waals surface area contributed by atoms with Gasteiger partial charge in [0.15, 0.2) is 0 Å². The van der Waals surface area contributed by atoms with Crippen molar-refractivity contribution in [3.05, 3.63) is 28.0 Å². The second-order valence-corrected chi connectivity index (χ2v) is 4.64. The molecule has 0 atom stereocenters. The van der Waals surface area contributed by atoms with Crippen LogP contribution in [0.1, 0.15) is 6.42 Å². The summed E-state index contributed by atoms with van der Waals surface area (Å²) in [6, 6.07) is 2.50. The van der Waals surface area contributed by atoms with Crippen molar-refractivity contribution in [3.8, 4) is 0 Å². The first-order valence-electron chi connectivity index (χ1n) is 5.04. The molecule has 0 unspecified atom stereocenters. The molecule has 0 spiro atoms. The molecule has 90 valence electrons. The lowest BCUT2D eigenvalue weighted by atomic mass is 10.3. The molecule has 1 N–H and O–H groups in total. The molecule has 0 radical (unpaired) electrons. The van der Waals surface area contributed by atoms with Gasteiger partial charge in [-0.05, 0) is 39.2 Å². The molecule has 0 aliphatic rings. The minimum Gasteiger partial charge on any atom is -0.383 e. The summed E-state index contributed by atoms with van der Waals surface area (Å²) in [5.41, 5.74) is 0.600. The van der Waals surface area contributed by atoms with Crippen LogP contribution in [0.4, 0.5) is 10.1 Å². The minimum absolute atomic E-state index is 0.315. The van der Waals surface area contributed by atoms with E-state index >= 15 is 0 Å². The molecule has 1 aromatic carbocycles. The van der Waals surface area contributed by atoms with Crippen LogP contribution in [0, 0.1) is 5.82 Å². The summed E-state index contributed by atoms with van der Waals surface area (Å²) in [6.45, 7) is 1.73. The van der Waals surface area contributed by atoms with Gasteiger partial charge in [-0.25, -0.2) is 4.39 Å². The van der Waals surface area contributed by atoms with Crippen molar-refractivity contribution in [3.63, 3.8) is 0 Å². The molecule has 2 nitrogen and oxygen atoms in total. The van der Waals surface area contributed by atoms with Crippen LogP contribution in [0.2, 0.25) is 10.0 Å². The lowest BCUT2D eigenvalue weighted by molar-refractivity contribution is 0.405. The summed E-state index contributed by atoms with van der Waals surface area (Å²) >= 11 is 11.8. The van der Waals surface area contributed by atoms with Crippen LogP contribution in [0.3, 0.4) is 0 Å². The first kappa shape index (κ1) is 13.6. The zero-order valence-corrected chi connectivity index (χ0v) is 10.9. The second kappa shape index (κ2) is 6.28. The number of hydrogen-bond acceptors (Lipinski definition) is 2. The van der Waals surface area contributed by atoms with E-state index in [9.17, 15) is 4.39 Å². The predicted molar refractivity (Wildman–Crippen MR) is 68.1 cm³/mol. The number of rotatable bonds is 5. The first-order chi connectivity index (χ1) is 7.50. The Balaban J connectivity index is 2.54. The van der Waals surface area contributed by atoms with Gasteiger partial charge >= 0.3 is 0 Å². The Bertz CT molecular complexity index is 333. The van der Waals surface area contributed by atoms with Gasteiger partial charge in [-0.3, -0.25) is 0 Å². The summed E-state index contributed by atoms with van der Waals surface area (Å²) < 4.78 is 12.9. The first-order valence-corrected chi connectivity index (χ1v) is 5.79. The highest BCUT2D eigenvalue weighted by Gasteiger charge is 2.07. The molecule has 0 saturated carbocycles. The third-order valence-electron chi connectivity index (χ3n) is 2.09. The molecule has 0 saturated heterocycles. The van der Waals surface area contributed by atoms with Crippen molar-refractivity contribution >= 4 is 28.9 Å². The van der Waals surface area contributed by atoms with Crippen molar-refractivity contribution in [2.45, 2.75) is 6.42 Å². The zero-order valence-electron chi connectivity index (χ0n) is 9.36. The summed E-state index contributed by atoms with van der Waals surface area (Å²) in [5.74, 6) is -0.422. The quantitative estimate of drug-likeness (QED) is 0.820. The highest BCUT2D eigenvalue weighted by molar-refractivity contribution is 6.39. The Kier molecular flexibility index (Phi) is 5.32. The molecule has 16 heavy (non-hydrogen) atoms. The molecular weight excluding hydrogens is 250 g/mol. The lowest BCUT2D eigenvalue weighted by Crippen LogP contribution is -2.16. The molecule has 0 heterocycles. The van der Waals surface area contributed by atoms with Gasteiger partial charge in [-0.1, -0.05) is 23.2 Å². The van der Waals surface area contributed by atoms with Crippen LogP contribution in [0.5, 0.6) is 0 Å². The Morgan fingerprint density at radius 2 is 1.81 bits per heavy atom. The summed E-state index contributed by atoms with van der Waals surface area (Å²) in [4.78, 5) is 2.09. The van der Waals surface area contributed by atoms with Crippen LogP contribution in [0.15, 0.2) is 12.1 Å². The van der Waals surface area contributed by atoms with Gasteiger partial charge in [0.1, 0.15) is 5.82 Å². The fraction of sp³-hybridized carbons (Fsp3) is 0.455. The zero-order chi connectivity index (χ0) is 12.1. The second-order valence-electron chi connectivity index (χ2n) is 3.83. The maximum absolute atomic E-state index is 12.9. The van der Waals surface area contributed by atoms with Crippen LogP contribution in [0.25, 0.3) is 0 Å². The van der Waals surface area contributed by atoms with Crippen LogP contribution in [-0.2, 0) is 0 Å². The number of nitrogens with one attached hydrogen (secondary N) is 1. The largest absolute Gasteiger partial charge is 0.383 e. The Labute approximate surface area is 105 Å². The average molecular weight is 265 g/mol. The van der Waals surface area contributed by atoms with Crippen molar-refractivity contribution < 1.29 is 4.39 Å². The molecule has 0 fully saturated rings. The van der Waals surface area contributed by atoms with Gasteiger partial charge in [0.25, 0.3) is 0 Å². The van der Waals surface area contributed by atoms with Gasteiger partial charge in [-0.2, -0.15) is 0 Å². The SMILES string of the molecule is CN(C)CCCNc1c(Cl)cc(F)cc1Cl. The number of hydrogen-bond donors (Lipinski definition) is 1. The van der Waals surface area contributed by atoms with E-state index in [1.54, 1.807) is 0 Å².